The number of ketones is 2. The number of carbonyl (C=O) groups is 5. The van der Waals surface area contributed by atoms with E-state index in [0.29, 0.717) is 32.1 Å². The molecule has 2 aliphatic rings. The number of carbonyl (C=O) groups excluding carboxylic acids is 5. The van der Waals surface area contributed by atoms with Crippen LogP contribution in [0.15, 0.2) is 12.2 Å². The first-order valence-corrected chi connectivity index (χ1v) is 40.5. The number of aliphatic hydroxyl groups is 4. The number of hydrogen-bond donors (Lipinski definition) is 8. The van der Waals surface area contributed by atoms with E-state index in [9.17, 15) is 58.8 Å². The Morgan fingerprint density at radius 2 is 0.876 bits per heavy atom. The van der Waals surface area contributed by atoms with Crippen molar-refractivity contribution < 1.29 is 91.7 Å². The average Bonchev–Trinajstić information content (AvgIpc) is 0.796. The van der Waals surface area contributed by atoms with Crippen LogP contribution in [0.1, 0.15) is 336 Å². The van der Waals surface area contributed by atoms with Crippen LogP contribution in [0.3, 0.4) is 0 Å². The van der Waals surface area contributed by atoms with Gasteiger partial charge in [0.15, 0.2) is 12.6 Å². The molecule has 2 aliphatic heterocycles. The first-order chi connectivity index (χ1) is 46.9. The number of nitrogens with one attached hydrogen (secondary N) is 2. The van der Waals surface area contributed by atoms with Crippen molar-refractivity contribution in [2.24, 2.45) is 0 Å². The Labute approximate surface area is 585 Å². The van der Waals surface area contributed by atoms with Gasteiger partial charge in [-0.25, -0.2) is 4.57 Å². The highest BCUT2D eigenvalue weighted by atomic mass is 31.2. The smallest absolute Gasteiger partial charge is 0.462 e. The zero-order valence-electron chi connectivity index (χ0n) is 61.1. The van der Waals surface area contributed by atoms with Crippen LogP contribution in [0, 0.1) is 0 Å². The number of ether oxygens (including phenoxy) is 6. The molecule has 21 nitrogen and oxygen atoms in total. The molecule has 0 radical (unpaired) electrons. The van der Waals surface area contributed by atoms with Gasteiger partial charge in [-0.3, -0.25) is 28.5 Å². The number of aliphatic hydroxyl groups excluding tert-OH is 4. The number of phosphoric ester groups is 1. The van der Waals surface area contributed by atoms with Gasteiger partial charge in [0.25, 0.3) is 0 Å². The van der Waals surface area contributed by atoms with E-state index in [2.05, 4.69) is 57.4 Å². The van der Waals surface area contributed by atoms with Crippen molar-refractivity contribution in [3.05, 3.63) is 12.2 Å². The van der Waals surface area contributed by atoms with E-state index in [1.54, 1.807) is 0 Å². The Kier molecular flexibility index (Phi) is 54.7. The zero-order valence-corrected chi connectivity index (χ0v) is 62.0. The van der Waals surface area contributed by atoms with Crippen LogP contribution < -0.4 is 10.6 Å². The second-order valence-electron chi connectivity index (χ2n) is 27.6. The number of unbranched alkanes of at least 4 members (excludes halogenated alkanes) is 31. The second-order valence-corrected chi connectivity index (χ2v) is 28.8. The lowest BCUT2D eigenvalue weighted by Gasteiger charge is -2.47. The number of rotatable bonds is 65. The molecule has 0 spiro atoms. The summed E-state index contributed by atoms with van der Waals surface area (Å²) < 4.78 is 55.8. The van der Waals surface area contributed by atoms with Crippen molar-refractivity contribution in [3.63, 3.8) is 0 Å². The Morgan fingerprint density at radius 1 is 0.474 bits per heavy atom. The van der Waals surface area contributed by atoms with Crippen molar-refractivity contribution in [1.29, 1.82) is 0 Å². The summed E-state index contributed by atoms with van der Waals surface area (Å²) in [6.07, 6.45) is 29.2. The highest BCUT2D eigenvalue weighted by molar-refractivity contribution is 7.46. The van der Waals surface area contributed by atoms with Gasteiger partial charge in [0, 0.05) is 38.9 Å². The number of hydrogen-bond acceptors (Lipinski definition) is 17. The molecular formula is C75H139N2O19P. The van der Waals surface area contributed by atoms with E-state index >= 15 is 0 Å². The molecule has 2 heterocycles. The van der Waals surface area contributed by atoms with Gasteiger partial charge in [-0.05, 0) is 70.6 Å². The third kappa shape index (κ3) is 45.1. The maximum Gasteiger partial charge on any atom is 0.472 e. The normalized spacial score (nSPS) is 22.0. The van der Waals surface area contributed by atoms with Crippen molar-refractivity contribution in [2.75, 3.05) is 26.4 Å². The van der Waals surface area contributed by atoms with Gasteiger partial charge in [-0.15, -0.1) is 0 Å². The number of esters is 1. The van der Waals surface area contributed by atoms with Crippen LogP contribution in [0.2, 0.25) is 0 Å². The quantitative estimate of drug-likeness (QED) is 0.00922. The predicted molar refractivity (Wildman–Crippen MR) is 379 cm³/mol. The molecule has 2 saturated heterocycles. The van der Waals surface area contributed by atoms with Crippen LogP contribution in [-0.2, 0) is 61.5 Å². The van der Waals surface area contributed by atoms with Gasteiger partial charge in [0.05, 0.1) is 38.3 Å². The molecule has 568 valence electrons. The molecule has 8 N–H and O–H groups in total. The van der Waals surface area contributed by atoms with E-state index in [1.807, 2.05) is 0 Å². The number of Topliss-reactive ketones (excluding diaryl/α,β-unsaturated/α-hetero) is 2. The Morgan fingerprint density at radius 3 is 1.35 bits per heavy atom. The lowest BCUT2D eigenvalue weighted by Crippen LogP contribution is -2.67. The fraction of sp³-hybridized carbons (Fsp3) is 0.907. The molecule has 0 aromatic heterocycles. The van der Waals surface area contributed by atoms with E-state index in [1.165, 1.54) is 77.0 Å². The minimum absolute atomic E-state index is 0.0736. The Bertz CT molecular complexity index is 2070. The average molecular weight is 1400 g/mol. The molecule has 12 atom stereocenters. The largest absolute Gasteiger partial charge is 0.472 e. The number of amides is 2. The van der Waals surface area contributed by atoms with Gasteiger partial charge in [0.1, 0.15) is 60.3 Å². The van der Waals surface area contributed by atoms with Gasteiger partial charge in [-0.2, -0.15) is 0 Å². The van der Waals surface area contributed by atoms with Crippen LogP contribution in [-0.4, -0.2) is 159 Å². The fourth-order valence-corrected chi connectivity index (χ4v) is 13.3. The Balaban J connectivity index is 2.52. The van der Waals surface area contributed by atoms with Gasteiger partial charge < -0.3 is 69.3 Å². The van der Waals surface area contributed by atoms with Crippen molar-refractivity contribution >= 4 is 37.2 Å². The number of allylic oxidation sites excluding steroid dienone is 2. The lowest BCUT2D eigenvalue weighted by atomic mass is 9.94. The monoisotopic (exact) mass is 1400 g/mol. The summed E-state index contributed by atoms with van der Waals surface area (Å²) in [6, 6.07) is -2.99. The fourth-order valence-electron chi connectivity index (χ4n) is 12.8. The second kappa shape index (κ2) is 58.7. The summed E-state index contributed by atoms with van der Waals surface area (Å²) in [5.41, 5.74) is 0. The van der Waals surface area contributed by atoms with Crippen LogP contribution in [0.25, 0.3) is 0 Å². The summed E-state index contributed by atoms with van der Waals surface area (Å²) in [7, 11) is -5.45. The molecular weight excluding hydrogens is 1260 g/mol. The van der Waals surface area contributed by atoms with Gasteiger partial charge in [0.2, 0.25) is 11.8 Å². The molecule has 0 saturated carbocycles. The van der Waals surface area contributed by atoms with E-state index < -0.39 is 119 Å². The highest BCUT2D eigenvalue weighted by Crippen LogP contribution is 2.41. The third-order valence-corrected chi connectivity index (χ3v) is 19.1. The molecule has 2 rings (SSSR count). The van der Waals surface area contributed by atoms with Crippen LogP contribution >= 0.6 is 7.82 Å². The molecule has 0 bridgehead atoms. The Hall–Kier alpha value is -2.76. The van der Waals surface area contributed by atoms with Crippen LogP contribution in [0.4, 0.5) is 0 Å². The molecule has 2 fully saturated rings. The maximum absolute atomic E-state index is 14.1. The number of phosphoric acid groups is 1. The minimum Gasteiger partial charge on any atom is -0.462 e. The maximum atomic E-state index is 14.1. The zero-order chi connectivity index (χ0) is 71.2. The lowest BCUT2D eigenvalue weighted by molar-refractivity contribution is -0.300. The first kappa shape index (κ1) is 90.3. The summed E-state index contributed by atoms with van der Waals surface area (Å²) in [6.45, 7) is 9.44. The minimum atomic E-state index is -5.45. The molecule has 22 heteroatoms. The van der Waals surface area contributed by atoms with Gasteiger partial charge in [-0.1, -0.05) is 239 Å². The molecule has 1 unspecified atom stereocenters. The molecule has 0 aromatic carbocycles. The van der Waals surface area contributed by atoms with E-state index in [4.69, 9.17) is 32.9 Å². The highest BCUT2D eigenvalue weighted by Gasteiger charge is 2.52. The van der Waals surface area contributed by atoms with Gasteiger partial charge >= 0.3 is 13.8 Å². The summed E-state index contributed by atoms with van der Waals surface area (Å²) in [5, 5.41) is 51.2. The third-order valence-electron chi connectivity index (χ3n) is 18.6. The summed E-state index contributed by atoms with van der Waals surface area (Å²) in [4.78, 5) is 88.6. The topological polar surface area (TPSA) is 312 Å². The van der Waals surface area contributed by atoms with Crippen LogP contribution in [0.5, 0.6) is 0 Å². The summed E-state index contributed by atoms with van der Waals surface area (Å²) in [5.74, 6) is -2.53. The molecule has 0 aromatic rings. The van der Waals surface area contributed by atoms with Crippen molar-refractivity contribution in [2.45, 2.75) is 410 Å². The van der Waals surface area contributed by atoms with Crippen molar-refractivity contribution in [3.8, 4) is 0 Å². The standard InChI is InChI=1S/C75H139N2O19P/c1-6-11-16-21-25-28-32-36-41-46-60(80)56-65(82)76-68-72(91-55-52-62(48-43-38-31-24-19-14-9-4)93-67(84)49-44-39-34-30-27-23-18-13-8-3)70(85)63(50-53-78)94-74(68)92-58-64-71(86)73(90-54-51-59(79)45-40-35-20-15-10-5)69(75(95-64)96-97(87,88)89)77-66(83)57-61(81)47-42-37-33-29-26-22-17-12-7-2/h30,34,59,62-64,68-75,78-79,85-86H,6-29,31-33,35-58H2,1-5H3,(H,76,82)(H,77,83)(H2,87,88,89)/b34-30-/t59-,62-,63-,64?,68-,69-,70-,71-,72-,73-,74-,75-/m1/s1. The molecule has 0 aliphatic carbocycles. The summed E-state index contributed by atoms with van der Waals surface area (Å²) >= 11 is 0. The molecule has 2 amide bonds. The SMILES string of the molecule is CCCCCC/C=C\CCCC(=O)O[C@H](CCCCCCCCC)CCO[C@H]1[C@H](O)[C@@H](CCO)O[C@@H](OCC2O[C@H](OP(=O)(O)O)[C@H](NC(=O)CC(=O)CCCCCCCCCCC)[C@@H](OCC[C@H](O)CCCCCCC)[C@@H]2O)[C@@H]1NC(=O)CC(=O)CCCCCCCCCCC. The molecule has 97 heavy (non-hydrogen) atoms. The predicted octanol–water partition coefficient (Wildman–Crippen LogP) is 14.4. The van der Waals surface area contributed by atoms with Crippen molar-refractivity contribution in [1.82, 2.24) is 10.6 Å². The van der Waals surface area contributed by atoms with E-state index in [-0.39, 0.29) is 69.3 Å². The van der Waals surface area contributed by atoms with E-state index in [0.717, 1.165) is 141 Å². The first-order valence-electron chi connectivity index (χ1n) is 38.9.